The van der Waals surface area contributed by atoms with Crippen molar-refractivity contribution >= 4 is 27.8 Å². The second kappa shape index (κ2) is 21.1. The van der Waals surface area contributed by atoms with E-state index in [0.717, 1.165) is 59.1 Å². The van der Waals surface area contributed by atoms with Crippen LogP contribution in [-0.4, -0.2) is 53.3 Å². The third-order valence-corrected chi connectivity index (χ3v) is 8.07. The number of carbonyl (C=O) groups excluding carboxylic acids is 1. The Morgan fingerprint density at radius 3 is 2.33 bits per heavy atom. The molecule has 43 heavy (non-hydrogen) atoms. The van der Waals surface area contributed by atoms with Gasteiger partial charge in [0, 0.05) is 32.0 Å². The zero-order valence-electron chi connectivity index (χ0n) is 26.9. The second-order valence-electron chi connectivity index (χ2n) is 11.9. The molecule has 0 radical (unpaired) electrons. The molecule has 1 atom stereocenters. The van der Waals surface area contributed by atoms with Crippen molar-refractivity contribution in [3.63, 3.8) is 0 Å². The number of carbonyl (C=O) groups is 1. The first-order chi connectivity index (χ1) is 21.1. The number of unbranched alkanes of at least 4 members (excludes halogenated alkanes) is 13. The third-order valence-electron chi connectivity index (χ3n) is 8.07. The molecule has 0 spiro atoms. The van der Waals surface area contributed by atoms with E-state index in [2.05, 4.69) is 22.2 Å². The van der Waals surface area contributed by atoms with Crippen molar-refractivity contribution in [1.82, 2.24) is 20.3 Å². The van der Waals surface area contributed by atoms with Crippen LogP contribution in [0.3, 0.4) is 0 Å². The van der Waals surface area contributed by atoms with E-state index in [9.17, 15) is 4.79 Å². The number of H-pyrrole nitrogens is 1. The number of rotatable bonds is 25. The van der Waals surface area contributed by atoms with Gasteiger partial charge in [-0.2, -0.15) is 0 Å². The van der Waals surface area contributed by atoms with E-state index in [1.807, 2.05) is 25.1 Å². The molecule has 0 saturated carbocycles. The molecule has 240 valence electrons. The molecular formula is C35H57N5O3. The van der Waals surface area contributed by atoms with E-state index in [1.165, 1.54) is 70.6 Å². The summed E-state index contributed by atoms with van der Waals surface area (Å²) in [5, 5.41) is 3.98. The van der Waals surface area contributed by atoms with Gasteiger partial charge in [0.1, 0.15) is 11.3 Å². The molecule has 4 N–H and O–H groups in total. The number of nitrogens with zero attached hydrogens (tertiary/aromatic N) is 2. The zero-order valence-corrected chi connectivity index (χ0v) is 26.9. The molecule has 0 aliphatic carbocycles. The predicted molar refractivity (Wildman–Crippen MR) is 178 cm³/mol. The van der Waals surface area contributed by atoms with Gasteiger partial charge in [0.2, 0.25) is 5.91 Å². The molecule has 0 saturated heterocycles. The molecule has 8 nitrogen and oxygen atoms in total. The molecular weight excluding hydrogens is 538 g/mol. The Labute approximate surface area is 259 Å². The number of fused-ring (bicyclic) bond motifs is 3. The molecule has 2 aromatic heterocycles. The summed E-state index contributed by atoms with van der Waals surface area (Å²) in [6.07, 6.45) is 21.8. The maximum absolute atomic E-state index is 12.2. The zero-order chi connectivity index (χ0) is 30.5. The van der Waals surface area contributed by atoms with Gasteiger partial charge in [0.15, 0.2) is 0 Å². The Morgan fingerprint density at radius 1 is 0.930 bits per heavy atom. The van der Waals surface area contributed by atoms with Crippen LogP contribution in [0.25, 0.3) is 21.9 Å². The van der Waals surface area contributed by atoms with Crippen molar-refractivity contribution < 1.29 is 14.3 Å². The summed E-state index contributed by atoms with van der Waals surface area (Å²) in [7, 11) is 0. The molecule has 3 aromatic rings. The van der Waals surface area contributed by atoms with E-state index in [4.69, 9.17) is 20.2 Å². The van der Waals surface area contributed by atoms with Gasteiger partial charge in [-0.05, 0) is 38.3 Å². The van der Waals surface area contributed by atoms with Gasteiger partial charge in [-0.1, -0.05) is 90.0 Å². The topological polar surface area (TPSA) is 115 Å². The smallest absolute Gasteiger partial charge is 0.219 e. The molecule has 1 unspecified atom stereocenters. The number of aromatic nitrogens is 3. The fourth-order valence-corrected chi connectivity index (χ4v) is 5.63. The number of hydrogen-bond acceptors (Lipinski definition) is 6. The SMILES string of the molecule is CCCCCCCCCCCCCCCC(=O)NCCCCOc1cccc2nc(CC(N)COCC)c3[nH]cnc3c12. The van der Waals surface area contributed by atoms with E-state index in [1.54, 1.807) is 6.33 Å². The molecule has 0 bridgehead atoms. The number of hydrogen-bond donors (Lipinski definition) is 3. The van der Waals surface area contributed by atoms with Crippen molar-refractivity contribution in [2.24, 2.45) is 5.73 Å². The number of ether oxygens (including phenoxy) is 2. The fraction of sp³-hybridized carbons (Fsp3) is 0.686. The maximum atomic E-state index is 12.2. The normalized spacial score (nSPS) is 12.3. The van der Waals surface area contributed by atoms with Crippen LogP contribution in [0.15, 0.2) is 24.5 Å². The monoisotopic (exact) mass is 595 g/mol. The van der Waals surface area contributed by atoms with E-state index < -0.39 is 0 Å². The summed E-state index contributed by atoms with van der Waals surface area (Å²) in [5.41, 5.74) is 9.74. The summed E-state index contributed by atoms with van der Waals surface area (Å²) in [6, 6.07) is 5.78. The van der Waals surface area contributed by atoms with E-state index in [0.29, 0.717) is 39.2 Å². The molecule has 0 aliphatic rings. The number of imidazole rings is 1. The van der Waals surface area contributed by atoms with Crippen molar-refractivity contribution in [2.45, 2.75) is 129 Å². The highest BCUT2D eigenvalue weighted by Gasteiger charge is 2.16. The summed E-state index contributed by atoms with van der Waals surface area (Å²) >= 11 is 0. The number of benzene rings is 1. The van der Waals surface area contributed by atoms with Crippen molar-refractivity contribution in [1.29, 1.82) is 0 Å². The minimum absolute atomic E-state index is 0.134. The van der Waals surface area contributed by atoms with Crippen LogP contribution >= 0.6 is 0 Å². The second-order valence-corrected chi connectivity index (χ2v) is 11.9. The first kappa shape index (κ1) is 34.8. The van der Waals surface area contributed by atoms with Gasteiger partial charge >= 0.3 is 0 Å². The van der Waals surface area contributed by atoms with Crippen molar-refractivity contribution in [3.05, 3.63) is 30.2 Å². The number of nitrogens with two attached hydrogens (primary N) is 1. The molecule has 0 fully saturated rings. The highest BCUT2D eigenvalue weighted by Crippen LogP contribution is 2.32. The molecule has 8 heteroatoms. The number of amides is 1. The van der Waals surface area contributed by atoms with Gasteiger partial charge in [-0.25, -0.2) is 4.98 Å². The number of aromatic amines is 1. The van der Waals surface area contributed by atoms with Crippen LogP contribution in [0.1, 0.15) is 122 Å². The summed E-state index contributed by atoms with van der Waals surface area (Å²) in [6.45, 7) is 6.63. The lowest BCUT2D eigenvalue weighted by Crippen LogP contribution is -2.29. The van der Waals surface area contributed by atoms with Crippen LogP contribution in [0.5, 0.6) is 5.75 Å². The van der Waals surface area contributed by atoms with Gasteiger partial charge in [0.25, 0.3) is 0 Å². The quantitative estimate of drug-likeness (QED) is 0.0862. The minimum atomic E-state index is -0.134. The summed E-state index contributed by atoms with van der Waals surface area (Å²) < 4.78 is 11.7. The van der Waals surface area contributed by atoms with Crippen LogP contribution in [0.4, 0.5) is 0 Å². The van der Waals surface area contributed by atoms with E-state index >= 15 is 0 Å². The van der Waals surface area contributed by atoms with Gasteiger partial charge < -0.3 is 25.5 Å². The predicted octanol–water partition coefficient (Wildman–Crippen LogP) is 7.77. The number of pyridine rings is 1. The molecule has 0 aliphatic heterocycles. The average molecular weight is 596 g/mol. The Kier molecular flexibility index (Phi) is 17.0. The first-order valence-electron chi connectivity index (χ1n) is 17.1. The Balaban J connectivity index is 1.27. The standard InChI is InChI=1S/C35H57N5O3/c1-3-5-6-7-8-9-10-11-12-13-14-15-16-22-32(41)37-23-17-18-24-43-31-21-19-20-29-33(31)35-34(38-27-39-35)30(40-29)25-28(36)26-42-4-2/h19-21,27-28H,3-18,22-26,36H2,1-2H3,(H,37,41)(H,38,39). The average Bonchev–Trinajstić information content (AvgIpc) is 3.51. The highest BCUT2D eigenvalue weighted by molar-refractivity contribution is 6.06. The minimum Gasteiger partial charge on any atom is -0.493 e. The Hall–Kier alpha value is -2.71. The lowest BCUT2D eigenvalue weighted by molar-refractivity contribution is -0.121. The molecule has 3 rings (SSSR count). The van der Waals surface area contributed by atoms with Gasteiger partial charge in [-0.3, -0.25) is 9.78 Å². The molecule has 1 aromatic carbocycles. The highest BCUT2D eigenvalue weighted by atomic mass is 16.5. The van der Waals surface area contributed by atoms with Gasteiger partial charge in [0.05, 0.1) is 41.7 Å². The Bertz CT molecular complexity index is 1180. The molecule has 1 amide bonds. The summed E-state index contributed by atoms with van der Waals surface area (Å²) in [4.78, 5) is 24.9. The van der Waals surface area contributed by atoms with Crippen molar-refractivity contribution in [2.75, 3.05) is 26.4 Å². The third kappa shape index (κ3) is 12.8. The first-order valence-corrected chi connectivity index (χ1v) is 17.1. The van der Waals surface area contributed by atoms with Gasteiger partial charge in [-0.15, -0.1) is 0 Å². The van der Waals surface area contributed by atoms with E-state index in [-0.39, 0.29) is 11.9 Å². The fourth-order valence-electron chi connectivity index (χ4n) is 5.63. The Morgan fingerprint density at radius 2 is 1.63 bits per heavy atom. The maximum Gasteiger partial charge on any atom is 0.219 e. The van der Waals surface area contributed by atoms with Crippen LogP contribution in [-0.2, 0) is 16.0 Å². The van der Waals surface area contributed by atoms with Crippen LogP contribution < -0.4 is 15.8 Å². The summed E-state index contributed by atoms with van der Waals surface area (Å²) in [5.74, 6) is 0.945. The van der Waals surface area contributed by atoms with Crippen molar-refractivity contribution in [3.8, 4) is 5.75 Å². The van der Waals surface area contributed by atoms with Crippen LogP contribution in [0, 0.1) is 0 Å². The van der Waals surface area contributed by atoms with Crippen LogP contribution in [0.2, 0.25) is 0 Å². The lowest BCUT2D eigenvalue weighted by atomic mass is 10.0. The lowest BCUT2D eigenvalue weighted by Gasteiger charge is -2.14. The largest absolute Gasteiger partial charge is 0.493 e. The molecule has 2 heterocycles. The number of nitrogens with one attached hydrogen (secondary N) is 2.